The maximum absolute atomic E-state index is 11.2. The van der Waals surface area contributed by atoms with Crippen LogP contribution in [-0.4, -0.2) is 17.5 Å². The van der Waals surface area contributed by atoms with E-state index < -0.39 is 0 Å². The molecule has 1 aliphatic heterocycles. The lowest BCUT2D eigenvalue weighted by atomic mass is 10.0. The quantitative estimate of drug-likeness (QED) is 0.850. The van der Waals surface area contributed by atoms with Gasteiger partial charge in [-0.25, -0.2) is 5.43 Å². The summed E-state index contributed by atoms with van der Waals surface area (Å²) in [6.45, 7) is 1.81. The Morgan fingerprint density at radius 3 is 2.61 bits per heavy atom. The number of hydrogen-bond donors (Lipinski definition) is 2. The van der Waals surface area contributed by atoms with E-state index in [0.29, 0.717) is 19.3 Å². The first-order valence-corrected chi connectivity index (χ1v) is 5.94. The molecule has 5 heteroatoms. The zero-order valence-electron chi connectivity index (χ0n) is 10.2. The van der Waals surface area contributed by atoms with Crippen LogP contribution in [0, 0.1) is 0 Å². The van der Waals surface area contributed by atoms with Crippen LogP contribution in [-0.2, 0) is 9.59 Å². The van der Waals surface area contributed by atoms with E-state index in [1.54, 1.807) is 0 Å². The first-order chi connectivity index (χ1) is 8.69. The summed E-state index contributed by atoms with van der Waals surface area (Å²) in [5.41, 5.74) is 5.06. The van der Waals surface area contributed by atoms with Crippen LogP contribution in [0.4, 0.5) is 5.69 Å². The molecular formula is C13H15N3O2. The summed E-state index contributed by atoms with van der Waals surface area (Å²) in [5.74, 6) is -0.0596. The molecule has 2 N–H and O–H groups in total. The van der Waals surface area contributed by atoms with Crippen LogP contribution in [0.1, 0.15) is 31.7 Å². The van der Waals surface area contributed by atoms with Crippen LogP contribution in [0.5, 0.6) is 0 Å². The standard InChI is InChI=1S/C13H15N3O2/c1-2-12(17)14-10-5-3-9(4-6-10)11-7-8-13(18)16-15-11/h3-6H,2,7-8H2,1H3,(H,14,17)(H,16,18). The van der Waals surface area contributed by atoms with Gasteiger partial charge in [0, 0.05) is 24.9 Å². The lowest BCUT2D eigenvalue weighted by Crippen LogP contribution is -2.25. The van der Waals surface area contributed by atoms with E-state index in [9.17, 15) is 9.59 Å². The Morgan fingerprint density at radius 1 is 1.33 bits per heavy atom. The molecule has 18 heavy (non-hydrogen) atoms. The zero-order valence-corrected chi connectivity index (χ0v) is 10.2. The number of nitrogens with zero attached hydrogens (tertiary/aromatic N) is 1. The molecule has 0 radical (unpaired) electrons. The fraction of sp³-hybridized carbons (Fsp3) is 0.308. The third-order valence-electron chi connectivity index (χ3n) is 2.73. The Morgan fingerprint density at radius 2 is 2.06 bits per heavy atom. The number of amides is 2. The van der Waals surface area contributed by atoms with E-state index >= 15 is 0 Å². The summed E-state index contributed by atoms with van der Waals surface area (Å²) in [4.78, 5) is 22.2. The smallest absolute Gasteiger partial charge is 0.240 e. The lowest BCUT2D eigenvalue weighted by Gasteiger charge is -2.12. The van der Waals surface area contributed by atoms with E-state index in [4.69, 9.17) is 0 Å². The van der Waals surface area contributed by atoms with E-state index in [1.165, 1.54) is 0 Å². The minimum Gasteiger partial charge on any atom is -0.326 e. The average Bonchev–Trinajstić information content (AvgIpc) is 2.40. The number of carbonyl (C=O) groups excluding carboxylic acids is 2. The summed E-state index contributed by atoms with van der Waals surface area (Å²) >= 11 is 0. The fourth-order valence-corrected chi connectivity index (χ4v) is 1.68. The average molecular weight is 245 g/mol. The van der Waals surface area contributed by atoms with Crippen LogP contribution in [0.3, 0.4) is 0 Å². The van der Waals surface area contributed by atoms with Crippen molar-refractivity contribution in [2.45, 2.75) is 26.2 Å². The maximum atomic E-state index is 11.2. The number of nitrogens with one attached hydrogen (secondary N) is 2. The highest BCUT2D eigenvalue weighted by molar-refractivity contribution is 6.04. The second kappa shape index (κ2) is 5.44. The molecule has 2 amide bonds. The van der Waals surface area contributed by atoms with Crippen molar-refractivity contribution in [1.82, 2.24) is 5.43 Å². The third kappa shape index (κ3) is 2.94. The summed E-state index contributed by atoms with van der Waals surface area (Å²) in [5, 5.41) is 6.80. The van der Waals surface area contributed by atoms with Gasteiger partial charge in [0.15, 0.2) is 0 Å². The van der Waals surface area contributed by atoms with Crippen molar-refractivity contribution in [3.05, 3.63) is 29.8 Å². The monoisotopic (exact) mass is 245 g/mol. The largest absolute Gasteiger partial charge is 0.326 e. The van der Waals surface area contributed by atoms with Crippen LogP contribution in [0.15, 0.2) is 29.4 Å². The zero-order chi connectivity index (χ0) is 13.0. The van der Waals surface area contributed by atoms with E-state index in [0.717, 1.165) is 17.0 Å². The van der Waals surface area contributed by atoms with E-state index in [1.807, 2.05) is 31.2 Å². The molecule has 0 saturated heterocycles. The normalized spacial score (nSPS) is 14.7. The molecule has 1 aliphatic rings. The molecule has 0 aliphatic carbocycles. The van der Waals surface area contributed by atoms with Crippen LogP contribution >= 0.6 is 0 Å². The van der Waals surface area contributed by atoms with Gasteiger partial charge in [0.2, 0.25) is 11.8 Å². The van der Waals surface area contributed by atoms with Crippen molar-refractivity contribution in [3.8, 4) is 0 Å². The Balaban J connectivity index is 2.08. The number of hydrogen-bond acceptors (Lipinski definition) is 3. The van der Waals surface area contributed by atoms with Crippen molar-refractivity contribution in [1.29, 1.82) is 0 Å². The van der Waals surface area contributed by atoms with Gasteiger partial charge in [-0.3, -0.25) is 9.59 Å². The van der Waals surface area contributed by atoms with Crippen molar-refractivity contribution < 1.29 is 9.59 Å². The first-order valence-electron chi connectivity index (χ1n) is 5.94. The summed E-state index contributed by atoms with van der Waals surface area (Å²) in [6, 6.07) is 7.45. The Kier molecular flexibility index (Phi) is 3.72. The van der Waals surface area contributed by atoms with Gasteiger partial charge >= 0.3 is 0 Å². The molecule has 1 heterocycles. The van der Waals surface area contributed by atoms with Gasteiger partial charge in [0.1, 0.15) is 0 Å². The number of rotatable bonds is 3. The van der Waals surface area contributed by atoms with Crippen molar-refractivity contribution in [3.63, 3.8) is 0 Å². The summed E-state index contributed by atoms with van der Waals surface area (Å²) in [7, 11) is 0. The van der Waals surface area contributed by atoms with Crippen molar-refractivity contribution in [2.24, 2.45) is 5.10 Å². The molecule has 0 atom stereocenters. The topological polar surface area (TPSA) is 70.6 Å². The Bertz CT molecular complexity index is 491. The highest BCUT2D eigenvalue weighted by Crippen LogP contribution is 2.14. The summed E-state index contributed by atoms with van der Waals surface area (Å²) in [6.07, 6.45) is 1.57. The SMILES string of the molecule is CCC(=O)Nc1ccc(C2=NNC(=O)CC2)cc1. The summed E-state index contributed by atoms with van der Waals surface area (Å²) < 4.78 is 0. The van der Waals surface area contributed by atoms with Gasteiger partial charge in [-0.05, 0) is 17.7 Å². The number of carbonyl (C=O) groups is 2. The highest BCUT2D eigenvalue weighted by Gasteiger charge is 2.12. The van der Waals surface area contributed by atoms with Gasteiger partial charge < -0.3 is 5.32 Å². The van der Waals surface area contributed by atoms with Crippen molar-refractivity contribution in [2.75, 3.05) is 5.32 Å². The molecular weight excluding hydrogens is 230 g/mol. The van der Waals surface area contributed by atoms with Gasteiger partial charge in [-0.1, -0.05) is 19.1 Å². The van der Waals surface area contributed by atoms with Gasteiger partial charge in [0.05, 0.1) is 5.71 Å². The lowest BCUT2D eigenvalue weighted by molar-refractivity contribution is -0.121. The molecule has 0 unspecified atom stereocenters. The Hall–Kier alpha value is -2.17. The molecule has 0 aromatic heterocycles. The minimum absolute atomic E-state index is 0.00924. The third-order valence-corrected chi connectivity index (χ3v) is 2.73. The van der Waals surface area contributed by atoms with Gasteiger partial charge in [0.25, 0.3) is 0 Å². The molecule has 94 valence electrons. The molecule has 0 fully saturated rings. The second-order valence-corrected chi connectivity index (χ2v) is 4.07. The predicted octanol–water partition coefficient (Wildman–Crippen LogP) is 1.65. The first kappa shape index (κ1) is 12.3. The molecule has 0 spiro atoms. The molecule has 1 aromatic carbocycles. The Labute approximate surface area is 105 Å². The highest BCUT2D eigenvalue weighted by atomic mass is 16.2. The van der Waals surface area contributed by atoms with E-state index in [2.05, 4.69) is 15.8 Å². The molecule has 1 aromatic rings. The van der Waals surface area contributed by atoms with E-state index in [-0.39, 0.29) is 11.8 Å². The second-order valence-electron chi connectivity index (χ2n) is 4.07. The number of hydrazone groups is 1. The molecule has 0 saturated carbocycles. The minimum atomic E-state index is -0.0504. The van der Waals surface area contributed by atoms with Crippen LogP contribution in [0.2, 0.25) is 0 Å². The molecule has 0 bridgehead atoms. The molecule has 2 rings (SSSR count). The van der Waals surface area contributed by atoms with Crippen LogP contribution in [0.25, 0.3) is 0 Å². The molecule has 5 nitrogen and oxygen atoms in total. The van der Waals surface area contributed by atoms with Crippen LogP contribution < -0.4 is 10.7 Å². The van der Waals surface area contributed by atoms with Gasteiger partial charge in [-0.15, -0.1) is 0 Å². The number of benzene rings is 1. The van der Waals surface area contributed by atoms with Gasteiger partial charge in [-0.2, -0.15) is 5.10 Å². The van der Waals surface area contributed by atoms with Crippen molar-refractivity contribution >= 4 is 23.2 Å². The maximum Gasteiger partial charge on any atom is 0.240 e. The number of anilines is 1. The predicted molar refractivity (Wildman–Crippen MR) is 69.3 cm³/mol. The fourth-order valence-electron chi connectivity index (χ4n) is 1.68.